The number of aromatic nitrogens is 1. The zero-order valence-corrected chi connectivity index (χ0v) is 11.9. The smallest absolute Gasteiger partial charge is 0.354 e. The predicted octanol–water partition coefficient (Wildman–Crippen LogP) is 1.15. The number of rotatable bonds is 5. The number of hydrogen-bond donors (Lipinski definition) is 3. The van der Waals surface area contributed by atoms with Crippen molar-refractivity contribution in [2.45, 2.75) is 31.9 Å². The number of carboxylic acid groups (broad SMARTS) is 1. The van der Waals surface area contributed by atoms with Crippen LogP contribution in [0.4, 0.5) is 4.79 Å². The molecule has 1 aliphatic heterocycles. The van der Waals surface area contributed by atoms with Crippen LogP contribution in [0.25, 0.3) is 0 Å². The van der Waals surface area contributed by atoms with Crippen molar-refractivity contribution in [1.29, 1.82) is 0 Å². The van der Waals surface area contributed by atoms with Gasteiger partial charge < -0.3 is 20.5 Å². The van der Waals surface area contributed by atoms with Crippen LogP contribution in [0.5, 0.6) is 0 Å². The lowest BCUT2D eigenvalue weighted by Gasteiger charge is -2.23. The molecule has 1 aromatic heterocycles. The first-order chi connectivity index (χ1) is 9.98. The molecule has 2 rings (SSSR count). The van der Waals surface area contributed by atoms with Gasteiger partial charge in [-0.2, -0.15) is 0 Å². The minimum Gasteiger partial charge on any atom is -0.477 e. The van der Waals surface area contributed by atoms with E-state index in [0.717, 1.165) is 25.0 Å². The van der Waals surface area contributed by atoms with E-state index in [1.54, 1.807) is 6.07 Å². The van der Waals surface area contributed by atoms with Gasteiger partial charge in [-0.1, -0.05) is 6.07 Å². The van der Waals surface area contributed by atoms with Gasteiger partial charge in [-0.15, -0.1) is 0 Å². The molecule has 2 heterocycles. The zero-order valence-electron chi connectivity index (χ0n) is 11.9. The van der Waals surface area contributed by atoms with Crippen LogP contribution in [0, 0.1) is 0 Å². The molecule has 0 bridgehead atoms. The summed E-state index contributed by atoms with van der Waals surface area (Å²) >= 11 is 0. The fourth-order valence-corrected chi connectivity index (χ4v) is 2.14. The number of nitrogens with one attached hydrogen (secondary N) is 2. The predicted molar refractivity (Wildman–Crippen MR) is 75.0 cm³/mol. The average molecular weight is 293 g/mol. The van der Waals surface area contributed by atoms with Crippen LogP contribution in [0.3, 0.4) is 0 Å². The third kappa shape index (κ3) is 4.42. The molecule has 1 saturated heterocycles. The number of carboxylic acids is 1. The highest BCUT2D eigenvalue weighted by Gasteiger charge is 2.29. The Morgan fingerprint density at radius 3 is 2.81 bits per heavy atom. The van der Waals surface area contributed by atoms with Crippen molar-refractivity contribution >= 4 is 12.0 Å². The fraction of sp³-hybridized carbons (Fsp3) is 0.500. The van der Waals surface area contributed by atoms with Crippen LogP contribution in [0.15, 0.2) is 18.3 Å². The van der Waals surface area contributed by atoms with E-state index in [1.165, 1.54) is 12.3 Å². The Morgan fingerprint density at radius 2 is 2.24 bits per heavy atom. The van der Waals surface area contributed by atoms with E-state index < -0.39 is 5.97 Å². The van der Waals surface area contributed by atoms with Crippen LogP contribution in [-0.2, 0) is 11.3 Å². The van der Waals surface area contributed by atoms with Crippen molar-refractivity contribution in [3.63, 3.8) is 0 Å². The fourth-order valence-electron chi connectivity index (χ4n) is 2.14. The molecule has 0 radical (unpaired) electrons. The molecule has 7 nitrogen and oxygen atoms in total. The number of ether oxygens (including phenoxy) is 1. The number of carbonyl (C=O) groups is 2. The highest BCUT2D eigenvalue weighted by Crippen LogP contribution is 2.23. The van der Waals surface area contributed by atoms with Crippen LogP contribution in [0.2, 0.25) is 0 Å². The van der Waals surface area contributed by atoms with E-state index in [1.807, 2.05) is 6.92 Å². The first kappa shape index (κ1) is 15.2. The Balaban J connectivity index is 1.74. The molecule has 0 aromatic carbocycles. The third-order valence-electron chi connectivity index (χ3n) is 3.42. The van der Waals surface area contributed by atoms with E-state index in [2.05, 4.69) is 15.6 Å². The number of aromatic carboxylic acids is 1. The molecule has 1 atom stereocenters. The maximum atomic E-state index is 11.7. The first-order valence-corrected chi connectivity index (χ1v) is 6.82. The molecule has 2 amide bonds. The first-order valence-electron chi connectivity index (χ1n) is 6.82. The molecular weight excluding hydrogens is 274 g/mol. The molecular formula is C14H19N3O4. The van der Waals surface area contributed by atoms with E-state index in [0.29, 0.717) is 6.54 Å². The molecule has 0 spiro atoms. The lowest BCUT2D eigenvalue weighted by atomic mass is 10.0. The molecule has 1 fully saturated rings. The molecule has 1 aromatic rings. The number of pyridine rings is 1. The van der Waals surface area contributed by atoms with Gasteiger partial charge >= 0.3 is 12.0 Å². The van der Waals surface area contributed by atoms with E-state index in [-0.39, 0.29) is 23.9 Å². The van der Waals surface area contributed by atoms with Crippen molar-refractivity contribution < 1.29 is 19.4 Å². The van der Waals surface area contributed by atoms with Gasteiger partial charge in [-0.05, 0) is 31.4 Å². The minimum atomic E-state index is -1.07. The second kappa shape index (κ2) is 6.53. The number of amides is 2. The monoisotopic (exact) mass is 293 g/mol. The summed E-state index contributed by atoms with van der Waals surface area (Å²) in [6.45, 7) is 3.47. The largest absolute Gasteiger partial charge is 0.477 e. The number of nitrogens with zero attached hydrogens (tertiary/aromatic N) is 1. The summed E-state index contributed by atoms with van der Waals surface area (Å²) in [6, 6.07) is 2.75. The second-order valence-corrected chi connectivity index (χ2v) is 5.29. The molecule has 1 aliphatic rings. The van der Waals surface area contributed by atoms with Crippen molar-refractivity contribution in [3.05, 3.63) is 29.6 Å². The molecule has 7 heteroatoms. The number of urea groups is 1. The summed E-state index contributed by atoms with van der Waals surface area (Å²) in [5.74, 6) is -1.07. The van der Waals surface area contributed by atoms with Crippen LogP contribution < -0.4 is 10.6 Å². The van der Waals surface area contributed by atoms with Gasteiger partial charge in [0.1, 0.15) is 5.69 Å². The SMILES string of the molecule is CC1(CNC(=O)NCc2ccc(C(=O)O)nc2)CCCO1. The van der Waals surface area contributed by atoms with Crippen molar-refractivity contribution in [2.24, 2.45) is 0 Å². The van der Waals surface area contributed by atoms with Crippen LogP contribution in [-0.4, -0.2) is 40.8 Å². The molecule has 114 valence electrons. The van der Waals surface area contributed by atoms with Crippen molar-refractivity contribution in [1.82, 2.24) is 15.6 Å². The number of carbonyl (C=O) groups excluding carboxylic acids is 1. The molecule has 0 aliphatic carbocycles. The van der Waals surface area contributed by atoms with Gasteiger partial charge in [0.2, 0.25) is 0 Å². The normalized spacial score (nSPS) is 21.0. The standard InChI is InChI=1S/C14H19N3O4/c1-14(5-2-6-21-14)9-17-13(20)16-8-10-3-4-11(12(18)19)15-7-10/h3-4,7H,2,5-6,8-9H2,1H3,(H,18,19)(H2,16,17,20). The molecule has 21 heavy (non-hydrogen) atoms. The average Bonchev–Trinajstić information content (AvgIpc) is 2.91. The van der Waals surface area contributed by atoms with Crippen molar-refractivity contribution in [2.75, 3.05) is 13.2 Å². The summed E-state index contributed by atoms with van der Waals surface area (Å²) in [6.07, 6.45) is 3.39. The second-order valence-electron chi connectivity index (χ2n) is 5.29. The zero-order chi connectivity index (χ0) is 15.3. The van der Waals surface area contributed by atoms with Gasteiger partial charge in [-0.25, -0.2) is 14.6 Å². The van der Waals surface area contributed by atoms with E-state index >= 15 is 0 Å². The van der Waals surface area contributed by atoms with Gasteiger partial charge in [0.15, 0.2) is 0 Å². The van der Waals surface area contributed by atoms with Crippen LogP contribution in [0.1, 0.15) is 35.8 Å². The maximum absolute atomic E-state index is 11.7. The Hall–Kier alpha value is -2.15. The maximum Gasteiger partial charge on any atom is 0.354 e. The van der Waals surface area contributed by atoms with Gasteiger partial charge in [0.05, 0.1) is 5.60 Å². The summed E-state index contributed by atoms with van der Waals surface area (Å²) in [4.78, 5) is 26.1. The lowest BCUT2D eigenvalue weighted by molar-refractivity contribution is 0.0229. The molecule has 1 unspecified atom stereocenters. The van der Waals surface area contributed by atoms with Gasteiger partial charge in [0.25, 0.3) is 0 Å². The Bertz CT molecular complexity index is 509. The lowest BCUT2D eigenvalue weighted by Crippen LogP contribution is -2.44. The van der Waals surface area contributed by atoms with Gasteiger partial charge in [-0.3, -0.25) is 0 Å². The quantitative estimate of drug-likeness (QED) is 0.756. The highest BCUT2D eigenvalue weighted by atomic mass is 16.5. The minimum absolute atomic E-state index is 0.0190. The molecule has 3 N–H and O–H groups in total. The Morgan fingerprint density at radius 1 is 1.43 bits per heavy atom. The van der Waals surface area contributed by atoms with Gasteiger partial charge in [0, 0.05) is 25.9 Å². The number of hydrogen-bond acceptors (Lipinski definition) is 4. The van der Waals surface area contributed by atoms with E-state index in [4.69, 9.17) is 9.84 Å². The summed E-state index contributed by atoms with van der Waals surface area (Å²) in [7, 11) is 0. The highest BCUT2D eigenvalue weighted by molar-refractivity contribution is 5.85. The van der Waals surface area contributed by atoms with Crippen molar-refractivity contribution in [3.8, 4) is 0 Å². The summed E-state index contributed by atoms with van der Waals surface area (Å²) in [5.41, 5.74) is 0.440. The van der Waals surface area contributed by atoms with E-state index in [9.17, 15) is 9.59 Å². The van der Waals surface area contributed by atoms with Crippen LogP contribution >= 0.6 is 0 Å². The topological polar surface area (TPSA) is 101 Å². The third-order valence-corrected chi connectivity index (χ3v) is 3.42. The summed E-state index contributed by atoms with van der Waals surface area (Å²) in [5, 5.41) is 14.2. The summed E-state index contributed by atoms with van der Waals surface area (Å²) < 4.78 is 5.58. The Labute approximate surface area is 122 Å². The molecule has 0 saturated carbocycles. The Kier molecular flexibility index (Phi) is 4.74.